The molecule has 0 saturated carbocycles. The van der Waals surface area contributed by atoms with Crippen LogP contribution in [0.4, 0.5) is 15.8 Å². The van der Waals surface area contributed by atoms with E-state index in [0.29, 0.717) is 22.7 Å². The summed E-state index contributed by atoms with van der Waals surface area (Å²) in [5.41, 5.74) is 2.18. The number of benzene rings is 3. The van der Waals surface area contributed by atoms with Gasteiger partial charge in [-0.15, -0.1) is 0 Å². The van der Waals surface area contributed by atoms with E-state index in [1.54, 1.807) is 24.3 Å². The van der Waals surface area contributed by atoms with Crippen molar-refractivity contribution in [3.63, 3.8) is 0 Å². The lowest BCUT2D eigenvalue weighted by molar-refractivity contribution is -0.118. The maximum absolute atomic E-state index is 13.2. The van der Waals surface area contributed by atoms with Gasteiger partial charge in [0, 0.05) is 16.9 Å². The lowest BCUT2D eigenvalue weighted by Gasteiger charge is -2.11. The van der Waals surface area contributed by atoms with E-state index >= 15 is 0 Å². The summed E-state index contributed by atoms with van der Waals surface area (Å²) in [6.45, 7) is 1.77. The van der Waals surface area contributed by atoms with Crippen molar-refractivity contribution in [3.8, 4) is 5.75 Å². The Labute approximate surface area is 186 Å². The van der Waals surface area contributed by atoms with Crippen molar-refractivity contribution in [2.24, 2.45) is 0 Å². The number of carbonyl (C=O) groups is 2. The first-order valence-corrected chi connectivity index (χ1v) is 10.0. The van der Waals surface area contributed by atoms with E-state index in [2.05, 4.69) is 26.6 Å². The molecule has 0 aliphatic carbocycles. The fourth-order valence-electron chi connectivity index (χ4n) is 2.58. The summed E-state index contributed by atoms with van der Waals surface area (Å²) in [6, 6.07) is 15.9. The summed E-state index contributed by atoms with van der Waals surface area (Å²) in [5.74, 6) is -0.806. The van der Waals surface area contributed by atoms with Gasteiger partial charge in [-0.2, -0.15) is 0 Å². The van der Waals surface area contributed by atoms with Crippen molar-refractivity contribution in [3.05, 3.63) is 87.1 Å². The second-order valence-corrected chi connectivity index (χ2v) is 7.70. The van der Waals surface area contributed by atoms with Gasteiger partial charge >= 0.3 is 0 Å². The van der Waals surface area contributed by atoms with Crippen LogP contribution in [0, 0.1) is 12.7 Å². The van der Waals surface area contributed by atoms with Crippen LogP contribution in [-0.2, 0) is 4.79 Å². The number of halogens is 3. The Bertz CT molecular complexity index is 1110. The summed E-state index contributed by atoms with van der Waals surface area (Å²) in [6.07, 6.45) is 0. The van der Waals surface area contributed by atoms with Gasteiger partial charge in [-0.05, 0) is 76.9 Å². The van der Waals surface area contributed by atoms with Gasteiger partial charge in [-0.1, -0.05) is 23.7 Å². The number of nitrogens with one attached hydrogen (secondary N) is 2. The molecule has 0 aliphatic heterocycles. The van der Waals surface area contributed by atoms with Gasteiger partial charge < -0.3 is 15.4 Å². The Morgan fingerprint density at radius 1 is 1.03 bits per heavy atom. The van der Waals surface area contributed by atoms with Crippen molar-refractivity contribution in [2.45, 2.75) is 6.92 Å². The molecule has 3 aromatic carbocycles. The van der Waals surface area contributed by atoms with Gasteiger partial charge in [0.05, 0.1) is 9.50 Å². The Morgan fingerprint density at radius 2 is 1.80 bits per heavy atom. The molecule has 5 nitrogen and oxygen atoms in total. The Morgan fingerprint density at radius 3 is 2.53 bits per heavy atom. The second kappa shape index (κ2) is 9.73. The zero-order valence-electron chi connectivity index (χ0n) is 15.8. The number of rotatable bonds is 6. The highest BCUT2D eigenvalue weighted by atomic mass is 79.9. The molecule has 0 unspecified atom stereocenters. The van der Waals surface area contributed by atoms with Crippen molar-refractivity contribution in [1.29, 1.82) is 0 Å². The van der Waals surface area contributed by atoms with Crippen LogP contribution in [0.1, 0.15) is 15.9 Å². The molecule has 0 bridgehead atoms. The van der Waals surface area contributed by atoms with E-state index in [1.807, 2.05) is 19.1 Å². The first-order chi connectivity index (χ1) is 14.3. The SMILES string of the molecule is Cc1ccc(OCC(=O)Nc2cccc(C(=O)Nc3ccc(F)c(Cl)c3)c2)c(Br)c1. The minimum absolute atomic E-state index is 0.0889. The molecule has 30 heavy (non-hydrogen) atoms. The number of amides is 2. The lowest BCUT2D eigenvalue weighted by atomic mass is 10.2. The molecule has 0 saturated heterocycles. The predicted molar refractivity (Wildman–Crippen MR) is 119 cm³/mol. The first-order valence-electron chi connectivity index (χ1n) is 8.87. The Hall–Kier alpha value is -2.90. The van der Waals surface area contributed by atoms with Crippen LogP contribution < -0.4 is 15.4 Å². The first kappa shape index (κ1) is 21.8. The van der Waals surface area contributed by atoms with Gasteiger partial charge in [0.15, 0.2) is 6.61 Å². The molecule has 3 aromatic rings. The highest BCUT2D eigenvalue weighted by Gasteiger charge is 2.11. The number of hydrogen-bond donors (Lipinski definition) is 2. The van der Waals surface area contributed by atoms with Crippen molar-refractivity contribution >= 4 is 50.7 Å². The van der Waals surface area contributed by atoms with E-state index < -0.39 is 11.7 Å². The van der Waals surface area contributed by atoms with Crippen molar-refractivity contribution in [1.82, 2.24) is 0 Å². The van der Waals surface area contributed by atoms with Gasteiger partial charge in [0.1, 0.15) is 11.6 Å². The molecule has 0 spiro atoms. The maximum Gasteiger partial charge on any atom is 0.262 e. The van der Waals surface area contributed by atoms with Gasteiger partial charge in [0.25, 0.3) is 11.8 Å². The zero-order chi connectivity index (χ0) is 21.7. The van der Waals surface area contributed by atoms with Crippen LogP contribution in [0.25, 0.3) is 0 Å². The Kier molecular flexibility index (Phi) is 7.07. The smallest absolute Gasteiger partial charge is 0.262 e. The summed E-state index contributed by atoms with van der Waals surface area (Å²) in [5, 5.41) is 5.23. The molecule has 0 heterocycles. The molecule has 154 valence electrons. The van der Waals surface area contributed by atoms with Gasteiger partial charge in [-0.3, -0.25) is 9.59 Å². The molecule has 0 radical (unpaired) electrons. The summed E-state index contributed by atoms with van der Waals surface area (Å²) < 4.78 is 19.5. The van der Waals surface area contributed by atoms with E-state index in [0.717, 1.165) is 10.0 Å². The largest absolute Gasteiger partial charge is 0.483 e. The third-order valence-corrected chi connectivity index (χ3v) is 4.94. The number of carbonyl (C=O) groups excluding carboxylic acids is 2. The molecule has 0 aliphatic rings. The number of hydrogen-bond acceptors (Lipinski definition) is 3. The third-order valence-electron chi connectivity index (χ3n) is 4.03. The average molecular weight is 492 g/mol. The second-order valence-electron chi connectivity index (χ2n) is 6.43. The summed E-state index contributed by atoms with van der Waals surface area (Å²) >= 11 is 9.12. The average Bonchev–Trinajstić information content (AvgIpc) is 2.70. The minimum Gasteiger partial charge on any atom is -0.483 e. The van der Waals surface area contributed by atoms with Crippen LogP contribution in [0.5, 0.6) is 5.75 Å². The fraction of sp³-hybridized carbons (Fsp3) is 0.0909. The quantitative estimate of drug-likeness (QED) is 0.457. The lowest BCUT2D eigenvalue weighted by Crippen LogP contribution is -2.20. The molecule has 8 heteroatoms. The van der Waals surface area contributed by atoms with E-state index in [-0.39, 0.29) is 17.5 Å². The van der Waals surface area contributed by atoms with Crippen LogP contribution in [0.3, 0.4) is 0 Å². The molecule has 0 atom stereocenters. The Balaban J connectivity index is 1.60. The fourth-order valence-corrected chi connectivity index (χ4v) is 3.37. The van der Waals surface area contributed by atoms with E-state index in [4.69, 9.17) is 16.3 Å². The number of aryl methyl sites for hydroxylation is 1. The molecule has 0 fully saturated rings. The topological polar surface area (TPSA) is 67.4 Å². The van der Waals surface area contributed by atoms with Gasteiger partial charge in [-0.25, -0.2) is 4.39 Å². The highest BCUT2D eigenvalue weighted by molar-refractivity contribution is 9.10. The van der Waals surface area contributed by atoms with Crippen LogP contribution in [-0.4, -0.2) is 18.4 Å². The molecular formula is C22H17BrClFN2O3. The van der Waals surface area contributed by atoms with Crippen LogP contribution in [0.15, 0.2) is 65.1 Å². The summed E-state index contributed by atoms with van der Waals surface area (Å²) in [7, 11) is 0. The third kappa shape index (κ3) is 5.81. The monoisotopic (exact) mass is 490 g/mol. The minimum atomic E-state index is -0.570. The molecular weight excluding hydrogens is 475 g/mol. The highest BCUT2D eigenvalue weighted by Crippen LogP contribution is 2.25. The number of ether oxygens (including phenoxy) is 1. The van der Waals surface area contributed by atoms with Crippen molar-refractivity contribution in [2.75, 3.05) is 17.2 Å². The summed E-state index contributed by atoms with van der Waals surface area (Å²) in [4.78, 5) is 24.6. The molecule has 0 aromatic heterocycles. The number of anilines is 2. The maximum atomic E-state index is 13.2. The van der Waals surface area contributed by atoms with Gasteiger partial charge in [0.2, 0.25) is 0 Å². The molecule has 2 N–H and O–H groups in total. The molecule has 3 rings (SSSR count). The zero-order valence-corrected chi connectivity index (χ0v) is 18.2. The van der Waals surface area contributed by atoms with E-state index in [9.17, 15) is 14.0 Å². The van der Waals surface area contributed by atoms with Crippen LogP contribution >= 0.6 is 27.5 Å². The molecule has 2 amide bonds. The standard InChI is InChI=1S/C22H17BrClFN2O3/c1-13-5-8-20(17(23)9-13)30-12-21(28)26-15-4-2-3-14(10-15)22(29)27-16-6-7-19(25)18(24)11-16/h2-11H,12H2,1H3,(H,26,28)(H,27,29). The van der Waals surface area contributed by atoms with E-state index in [1.165, 1.54) is 24.3 Å². The van der Waals surface area contributed by atoms with Crippen LogP contribution in [0.2, 0.25) is 5.02 Å². The van der Waals surface area contributed by atoms with Crippen molar-refractivity contribution < 1.29 is 18.7 Å². The normalized spacial score (nSPS) is 10.4. The predicted octanol–water partition coefficient (Wildman–Crippen LogP) is 5.82.